The van der Waals surface area contributed by atoms with Gasteiger partial charge in [0.2, 0.25) is 0 Å². The fourth-order valence-corrected chi connectivity index (χ4v) is 2.03. The maximum Gasteiger partial charge on any atom is 0.0935 e. The van der Waals surface area contributed by atoms with Gasteiger partial charge >= 0.3 is 0 Å². The van der Waals surface area contributed by atoms with Crippen LogP contribution in [0.5, 0.6) is 0 Å². The Bertz CT molecular complexity index is 259. The molecule has 1 aromatic rings. The number of furan rings is 1. The van der Waals surface area contributed by atoms with E-state index in [9.17, 15) is 0 Å². The number of hydrogen-bond acceptors (Lipinski definition) is 3. The molecule has 2 unspecified atom stereocenters. The second-order valence-corrected chi connectivity index (χ2v) is 4.06. The third-order valence-electron chi connectivity index (χ3n) is 2.83. The second kappa shape index (κ2) is 7.47. The average molecular weight is 225 g/mol. The highest BCUT2D eigenvalue weighted by atomic mass is 16.5. The van der Waals surface area contributed by atoms with Crippen molar-refractivity contribution in [2.24, 2.45) is 0 Å². The van der Waals surface area contributed by atoms with Gasteiger partial charge in [-0.1, -0.05) is 20.3 Å². The third-order valence-corrected chi connectivity index (χ3v) is 2.83. The van der Waals surface area contributed by atoms with Crippen LogP contribution in [0, 0.1) is 0 Å². The van der Waals surface area contributed by atoms with Gasteiger partial charge in [-0.05, 0) is 31.0 Å². The first-order valence-electron chi connectivity index (χ1n) is 6.09. The van der Waals surface area contributed by atoms with Gasteiger partial charge in [0.05, 0.1) is 18.6 Å². The molecular weight excluding hydrogens is 202 g/mol. The largest absolute Gasteiger partial charge is 0.472 e. The minimum Gasteiger partial charge on any atom is -0.472 e. The summed E-state index contributed by atoms with van der Waals surface area (Å²) < 4.78 is 10.7. The Labute approximate surface area is 98.2 Å². The zero-order valence-corrected chi connectivity index (χ0v) is 10.5. The summed E-state index contributed by atoms with van der Waals surface area (Å²) in [6, 6.07) is 2.38. The van der Waals surface area contributed by atoms with E-state index in [1.54, 1.807) is 13.4 Å². The molecule has 1 N–H and O–H groups in total. The monoisotopic (exact) mass is 225 g/mol. The van der Waals surface area contributed by atoms with E-state index in [0.717, 1.165) is 25.8 Å². The number of nitrogens with one attached hydrogen (secondary N) is 1. The summed E-state index contributed by atoms with van der Waals surface area (Å²) in [5.41, 5.74) is 1.23. The van der Waals surface area contributed by atoms with E-state index in [4.69, 9.17) is 9.15 Å². The predicted octanol–water partition coefficient (Wildman–Crippen LogP) is 2.62. The standard InChI is InChI=1S/C13H23NO2/c1-4-6-13(15-3)12(14-5-2)9-11-7-8-16-10-11/h7-8,10,12-14H,4-6,9H2,1-3H3. The Morgan fingerprint density at radius 3 is 2.75 bits per heavy atom. The number of hydrogen-bond donors (Lipinski definition) is 1. The highest BCUT2D eigenvalue weighted by Crippen LogP contribution is 2.12. The summed E-state index contributed by atoms with van der Waals surface area (Å²) >= 11 is 0. The number of rotatable bonds is 8. The number of methoxy groups -OCH3 is 1. The molecule has 1 rings (SSSR count). The Kier molecular flexibility index (Phi) is 6.19. The summed E-state index contributed by atoms with van der Waals surface area (Å²) in [5, 5.41) is 3.49. The molecule has 0 aliphatic heterocycles. The van der Waals surface area contributed by atoms with Gasteiger partial charge in [0, 0.05) is 13.2 Å². The molecule has 0 saturated carbocycles. The lowest BCUT2D eigenvalue weighted by Gasteiger charge is -2.26. The lowest BCUT2D eigenvalue weighted by Crippen LogP contribution is -2.42. The van der Waals surface area contributed by atoms with Gasteiger partial charge in [-0.3, -0.25) is 0 Å². The Balaban J connectivity index is 2.57. The molecule has 0 aromatic carbocycles. The molecule has 0 spiro atoms. The van der Waals surface area contributed by atoms with Crippen molar-refractivity contribution in [1.29, 1.82) is 0 Å². The van der Waals surface area contributed by atoms with E-state index in [2.05, 4.69) is 19.2 Å². The van der Waals surface area contributed by atoms with Gasteiger partial charge in [-0.15, -0.1) is 0 Å². The van der Waals surface area contributed by atoms with Crippen molar-refractivity contribution in [3.05, 3.63) is 24.2 Å². The third kappa shape index (κ3) is 3.99. The lowest BCUT2D eigenvalue weighted by atomic mass is 10.00. The van der Waals surface area contributed by atoms with E-state index < -0.39 is 0 Å². The molecule has 92 valence electrons. The number of likely N-dealkylation sites (N-methyl/N-ethyl adjacent to an activating group) is 1. The fraction of sp³-hybridized carbons (Fsp3) is 0.692. The predicted molar refractivity (Wildman–Crippen MR) is 65.6 cm³/mol. The molecule has 2 atom stereocenters. The molecule has 0 amide bonds. The van der Waals surface area contributed by atoms with Crippen LogP contribution in [0.4, 0.5) is 0 Å². The lowest BCUT2D eigenvalue weighted by molar-refractivity contribution is 0.0613. The van der Waals surface area contributed by atoms with Crippen LogP contribution in [0.1, 0.15) is 32.3 Å². The first-order chi connectivity index (χ1) is 7.81. The van der Waals surface area contributed by atoms with Crippen molar-refractivity contribution in [2.75, 3.05) is 13.7 Å². The van der Waals surface area contributed by atoms with Gasteiger partial charge in [0.1, 0.15) is 0 Å². The van der Waals surface area contributed by atoms with E-state index in [1.807, 2.05) is 12.3 Å². The van der Waals surface area contributed by atoms with Crippen LogP contribution in [0.25, 0.3) is 0 Å². The van der Waals surface area contributed by atoms with Gasteiger partial charge in [-0.2, -0.15) is 0 Å². The normalized spacial score (nSPS) is 14.9. The molecule has 0 aliphatic rings. The van der Waals surface area contributed by atoms with Crippen molar-refractivity contribution < 1.29 is 9.15 Å². The molecule has 0 bridgehead atoms. The summed E-state index contributed by atoms with van der Waals surface area (Å²) in [7, 11) is 1.79. The molecule has 0 fully saturated rings. The second-order valence-electron chi connectivity index (χ2n) is 4.06. The summed E-state index contributed by atoms with van der Waals surface area (Å²) in [4.78, 5) is 0. The van der Waals surface area contributed by atoms with Crippen LogP contribution in [0.2, 0.25) is 0 Å². The van der Waals surface area contributed by atoms with E-state index in [-0.39, 0.29) is 6.10 Å². The zero-order valence-electron chi connectivity index (χ0n) is 10.5. The van der Waals surface area contributed by atoms with E-state index >= 15 is 0 Å². The van der Waals surface area contributed by atoms with Crippen molar-refractivity contribution in [3.63, 3.8) is 0 Å². The van der Waals surface area contributed by atoms with Gasteiger partial charge < -0.3 is 14.5 Å². The summed E-state index contributed by atoms with van der Waals surface area (Å²) in [5.74, 6) is 0. The first kappa shape index (κ1) is 13.3. The van der Waals surface area contributed by atoms with Gasteiger partial charge in [-0.25, -0.2) is 0 Å². The molecular formula is C13H23NO2. The van der Waals surface area contributed by atoms with Crippen molar-refractivity contribution in [1.82, 2.24) is 5.32 Å². The fourth-order valence-electron chi connectivity index (χ4n) is 2.03. The Hall–Kier alpha value is -0.800. The molecule has 0 saturated heterocycles. The average Bonchev–Trinajstić information content (AvgIpc) is 2.78. The minimum atomic E-state index is 0.278. The molecule has 3 nitrogen and oxygen atoms in total. The molecule has 0 radical (unpaired) electrons. The molecule has 3 heteroatoms. The molecule has 1 heterocycles. The van der Waals surface area contributed by atoms with Crippen LogP contribution >= 0.6 is 0 Å². The SMILES string of the molecule is CCCC(OC)C(Cc1ccoc1)NCC. The Morgan fingerprint density at radius 1 is 1.44 bits per heavy atom. The van der Waals surface area contributed by atoms with Crippen molar-refractivity contribution in [2.45, 2.75) is 45.3 Å². The first-order valence-corrected chi connectivity index (χ1v) is 6.09. The quantitative estimate of drug-likeness (QED) is 0.738. The highest BCUT2D eigenvalue weighted by molar-refractivity contribution is 5.08. The maximum atomic E-state index is 5.56. The molecule has 1 aromatic heterocycles. The molecule has 0 aliphatic carbocycles. The van der Waals surface area contributed by atoms with E-state index in [1.165, 1.54) is 5.56 Å². The Morgan fingerprint density at radius 2 is 2.25 bits per heavy atom. The van der Waals surface area contributed by atoms with E-state index in [0.29, 0.717) is 6.04 Å². The highest BCUT2D eigenvalue weighted by Gasteiger charge is 2.20. The summed E-state index contributed by atoms with van der Waals surface area (Å²) in [6.45, 7) is 5.28. The van der Waals surface area contributed by atoms with Crippen molar-refractivity contribution >= 4 is 0 Å². The van der Waals surface area contributed by atoms with Crippen molar-refractivity contribution in [3.8, 4) is 0 Å². The summed E-state index contributed by atoms with van der Waals surface area (Å²) in [6.07, 6.45) is 7.00. The van der Waals surface area contributed by atoms with Crippen LogP contribution in [0.3, 0.4) is 0 Å². The maximum absolute atomic E-state index is 5.56. The van der Waals surface area contributed by atoms with Crippen LogP contribution in [-0.4, -0.2) is 25.8 Å². The van der Waals surface area contributed by atoms with Crippen LogP contribution in [0.15, 0.2) is 23.0 Å². The smallest absolute Gasteiger partial charge is 0.0935 e. The van der Waals surface area contributed by atoms with Crippen LogP contribution < -0.4 is 5.32 Å². The van der Waals surface area contributed by atoms with Gasteiger partial charge in [0.15, 0.2) is 0 Å². The van der Waals surface area contributed by atoms with Crippen LogP contribution in [-0.2, 0) is 11.2 Å². The van der Waals surface area contributed by atoms with Gasteiger partial charge in [0.25, 0.3) is 0 Å². The topological polar surface area (TPSA) is 34.4 Å². The zero-order chi connectivity index (χ0) is 11.8. The molecule has 16 heavy (non-hydrogen) atoms. The minimum absolute atomic E-state index is 0.278. The number of ether oxygens (including phenoxy) is 1.